The molecule has 136 valence electrons. The van der Waals surface area contributed by atoms with Crippen molar-refractivity contribution in [3.8, 4) is 17.2 Å². The zero-order valence-corrected chi connectivity index (χ0v) is 14.8. The summed E-state index contributed by atoms with van der Waals surface area (Å²) in [6, 6.07) is 11.5. The van der Waals surface area contributed by atoms with Crippen LogP contribution < -0.4 is 24.4 Å². The quantitative estimate of drug-likeness (QED) is 0.801. The van der Waals surface area contributed by atoms with E-state index in [1.165, 1.54) is 14.2 Å². The first-order chi connectivity index (χ1) is 12.6. The van der Waals surface area contributed by atoms with Gasteiger partial charge >= 0.3 is 0 Å². The third-order valence-corrected chi connectivity index (χ3v) is 4.21. The molecule has 7 heteroatoms. The average molecular weight is 356 g/mol. The molecule has 7 nitrogen and oxygen atoms in total. The SMILES string of the molecule is COc1ccc(N2C(=O)CC(Nc3ccccc3OC)C2=O)c(OC)c1. The van der Waals surface area contributed by atoms with Crippen molar-refractivity contribution < 1.29 is 23.8 Å². The molecule has 1 aliphatic heterocycles. The van der Waals surface area contributed by atoms with Gasteiger partial charge in [-0.1, -0.05) is 12.1 Å². The highest BCUT2D eigenvalue weighted by Gasteiger charge is 2.41. The van der Waals surface area contributed by atoms with E-state index in [-0.39, 0.29) is 18.2 Å². The molecule has 1 atom stereocenters. The fourth-order valence-corrected chi connectivity index (χ4v) is 2.92. The predicted octanol–water partition coefficient (Wildman–Crippen LogP) is 2.46. The number of ether oxygens (including phenoxy) is 3. The topological polar surface area (TPSA) is 77.1 Å². The molecule has 0 radical (unpaired) electrons. The number of imide groups is 1. The maximum atomic E-state index is 12.9. The van der Waals surface area contributed by atoms with Gasteiger partial charge in [0.1, 0.15) is 23.3 Å². The number of amides is 2. The van der Waals surface area contributed by atoms with Crippen LogP contribution in [-0.4, -0.2) is 39.2 Å². The number of hydrogen-bond acceptors (Lipinski definition) is 6. The summed E-state index contributed by atoms with van der Waals surface area (Å²) in [7, 11) is 4.57. The highest BCUT2D eigenvalue weighted by molar-refractivity contribution is 6.23. The van der Waals surface area contributed by atoms with Gasteiger partial charge in [0, 0.05) is 6.07 Å². The third kappa shape index (κ3) is 3.15. The van der Waals surface area contributed by atoms with Gasteiger partial charge < -0.3 is 19.5 Å². The second-order valence-electron chi connectivity index (χ2n) is 5.71. The van der Waals surface area contributed by atoms with Gasteiger partial charge in [0.25, 0.3) is 5.91 Å². The Hall–Kier alpha value is -3.22. The molecule has 1 heterocycles. The van der Waals surface area contributed by atoms with Crippen LogP contribution in [0.4, 0.5) is 11.4 Å². The number of nitrogens with one attached hydrogen (secondary N) is 1. The summed E-state index contributed by atoms with van der Waals surface area (Å²) in [5.41, 5.74) is 1.05. The Morgan fingerprint density at radius 3 is 2.38 bits per heavy atom. The maximum Gasteiger partial charge on any atom is 0.256 e. The van der Waals surface area contributed by atoms with Crippen LogP contribution in [0.3, 0.4) is 0 Å². The Morgan fingerprint density at radius 1 is 0.962 bits per heavy atom. The monoisotopic (exact) mass is 356 g/mol. The molecule has 2 aromatic rings. The highest BCUT2D eigenvalue weighted by Crippen LogP contribution is 2.36. The van der Waals surface area contributed by atoms with E-state index in [1.54, 1.807) is 37.4 Å². The van der Waals surface area contributed by atoms with E-state index >= 15 is 0 Å². The van der Waals surface area contributed by atoms with Crippen molar-refractivity contribution in [2.75, 3.05) is 31.5 Å². The van der Waals surface area contributed by atoms with Gasteiger partial charge in [-0.15, -0.1) is 0 Å². The zero-order valence-electron chi connectivity index (χ0n) is 14.8. The first-order valence-electron chi connectivity index (χ1n) is 8.07. The smallest absolute Gasteiger partial charge is 0.256 e. The van der Waals surface area contributed by atoms with Gasteiger partial charge in [-0.25, -0.2) is 4.90 Å². The predicted molar refractivity (Wildman–Crippen MR) is 97.1 cm³/mol. The van der Waals surface area contributed by atoms with Gasteiger partial charge in [-0.05, 0) is 24.3 Å². The largest absolute Gasteiger partial charge is 0.497 e. The molecule has 0 bridgehead atoms. The molecule has 1 fully saturated rings. The Kier molecular flexibility index (Phi) is 4.97. The molecule has 3 rings (SSSR count). The molecule has 0 saturated carbocycles. The highest BCUT2D eigenvalue weighted by atomic mass is 16.5. The van der Waals surface area contributed by atoms with E-state index in [0.29, 0.717) is 28.6 Å². The molecule has 2 amide bonds. The second kappa shape index (κ2) is 7.35. The normalized spacial score (nSPS) is 16.6. The lowest BCUT2D eigenvalue weighted by molar-refractivity contribution is -0.121. The summed E-state index contributed by atoms with van der Waals surface area (Å²) in [5, 5.41) is 3.10. The van der Waals surface area contributed by atoms with Crippen LogP contribution in [-0.2, 0) is 9.59 Å². The molecular formula is C19H20N2O5. The summed E-state index contributed by atoms with van der Waals surface area (Å²) >= 11 is 0. The van der Waals surface area contributed by atoms with Crippen molar-refractivity contribution in [2.45, 2.75) is 12.5 Å². The van der Waals surface area contributed by atoms with Gasteiger partial charge in [-0.2, -0.15) is 0 Å². The lowest BCUT2D eigenvalue weighted by atomic mass is 10.2. The number of hydrogen-bond donors (Lipinski definition) is 1. The molecule has 0 aliphatic carbocycles. The lowest BCUT2D eigenvalue weighted by Crippen LogP contribution is -2.35. The minimum Gasteiger partial charge on any atom is -0.497 e. The first-order valence-corrected chi connectivity index (χ1v) is 8.07. The Bertz CT molecular complexity index is 836. The third-order valence-electron chi connectivity index (χ3n) is 4.21. The van der Waals surface area contributed by atoms with E-state index in [9.17, 15) is 9.59 Å². The van der Waals surface area contributed by atoms with Crippen molar-refractivity contribution >= 4 is 23.2 Å². The maximum absolute atomic E-state index is 12.9. The van der Waals surface area contributed by atoms with E-state index in [0.717, 1.165) is 4.90 Å². The van der Waals surface area contributed by atoms with Crippen molar-refractivity contribution in [1.82, 2.24) is 0 Å². The number of methoxy groups -OCH3 is 3. The van der Waals surface area contributed by atoms with E-state index in [2.05, 4.69) is 5.32 Å². The zero-order chi connectivity index (χ0) is 18.7. The van der Waals surface area contributed by atoms with Crippen molar-refractivity contribution in [3.05, 3.63) is 42.5 Å². The molecular weight excluding hydrogens is 336 g/mol. The molecule has 1 N–H and O–H groups in total. The Morgan fingerprint density at radius 2 is 1.69 bits per heavy atom. The fraction of sp³-hybridized carbons (Fsp3) is 0.263. The first kappa shape index (κ1) is 17.6. The van der Waals surface area contributed by atoms with Gasteiger partial charge in [0.05, 0.1) is 39.1 Å². The summed E-state index contributed by atoms with van der Waals surface area (Å²) in [6.07, 6.45) is 0.0477. The molecule has 0 spiro atoms. The molecule has 0 aromatic heterocycles. The number of benzene rings is 2. The second-order valence-corrected chi connectivity index (χ2v) is 5.71. The number of nitrogens with zero attached hydrogens (tertiary/aromatic N) is 1. The van der Waals surface area contributed by atoms with E-state index in [4.69, 9.17) is 14.2 Å². The number of carbonyl (C=O) groups excluding carboxylic acids is 2. The van der Waals surface area contributed by atoms with Crippen LogP contribution in [0.5, 0.6) is 17.2 Å². The molecule has 1 aliphatic rings. The summed E-state index contributed by atoms with van der Waals surface area (Å²) in [6.45, 7) is 0. The van der Waals surface area contributed by atoms with Crippen LogP contribution >= 0.6 is 0 Å². The number of para-hydroxylation sites is 2. The number of carbonyl (C=O) groups is 2. The lowest BCUT2D eigenvalue weighted by Gasteiger charge is -2.19. The summed E-state index contributed by atoms with van der Waals surface area (Å²) < 4.78 is 15.8. The molecule has 26 heavy (non-hydrogen) atoms. The van der Waals surface area contributed by atoms with Crippen LogP contribution in [0.25, 0.3) is 0 Å². The fourth-order valence-electron chi connectivity index (χ4n) is 2.92. The van der Waals surface area contributed by atoms with Gasteiger partial charge in [-0.3, -0.25) is 9.59 Å². The minimum absolute atomic E-state index is 0.0477. The van der Waals surface area contributed by atoms with Gasteiger partial charge in [0.15, 0.2) is 0 Å². The minimum atomic E-state index is -0.675. The Balaban J connectivity index is 1.88. The van der Waals surface area contributed by atoms with Crippen molar-refractivity contribution in [3.63, 3.8) is 0 Å². The van der Waals surface area contributed by atoms with E-state index < -0.39 is 6.04 Å². The van der Waals surface area contributed by atoms with Gasteiger partial charge in [0.2, 0.25) is 5.91 Å². The van der Waals surface area contributed by atoms with Crippen LogP contribution in [0.1, 0.15) is 6.42 Å². The van der Waals surface area contributed by atoms with Crippen LogP contribution in [0.15, 0.2) is 42.5 Å². The standard InChI is InChI=1S/C19H20N2O5/c1-24-12-8-9-15(17(10-12)26-3)21-18(22)11-14(19(21)23)20-13-6-4-5-7-16(13)25-2/h4-10,14,20H,11H2,1-3H3. The number of anilines is 2. The molecule has 2 aromatic carbocycles. The van der Waals surface area contributed by atoms with Crippen molar-refractivity contribution in [1.29, 1.82) is 0 Å². The Labute approximate surface area is 151 Å². The van der Waals surface area contributed by atoms with Crippen LogP contribution in [0, 0.1) is 0 Å². The number of rotatable bonds is 6. The van der Waals surface area contributed by atoms with Crippen molar-refractivity contribution in [2.24, 2.45) is 0 Å². The molecule has 1 unspecified atom stereocenters. The summed E-state index contributed by atoms with van der Waals surface area (Å²) in [5.74, 6) is 0.931. The molecule has 1 saturated heterocycles. The van der Waals surface area contributed by atoms with Crippen LogP contribution in [0.2, 0.25) is 0 Å². The summed E-state index contributed by atoms with van der Waals surface area (Å²) in [4.78, 5) is 26.5. The average Bonchev–Trinajstić information content (AvgIpc) is 2.94. The van der Waals surface area contributed by atoms with E-state index in [1.807, 2.05) is 12.1 Å².